The minimum Gasteiger partial charge on any atom is -0.428 e. The first-order valence-electron chi connectivity index (χ1n) is 12.0. The van der Waals surface area contributed by atoms with E-state index in [0.29, 0.717) is 10.6 Å². The quantitative estimate of drug-likeness (QED) is 0.294. The number of nitrogens with two attached hydrogens (primary N) is 1. The van der Waals surface area contributed by atoms with Gasteiger partial charge in [-0.15, -0.1) is 0 Å². The molecule has 11 nitrogen and oxygen atoms in total. The Hall–Kier alpha value is -2.44. The zero-order valence-corrected chi connectivity index (χ0v) is 22.9. The van der Waals surface area contributed by atoms with Gasteiger partial charge >= 0.3 is 23.9 Å². The maximum Gasteiger partial charge on any atom is 0.332 e. The molecule has 3 rings (SSSR count). The fourth-order valence-electron chi connectivity index (χ4n) is 4.50. The molecule has 0 spiro atoms. The van der Waals surface area contributed by atoms with Crippen molar-refractivity contribution in [2.24, 2.45) is 35.3 Å². The number of carbonyl (C=O) groups excluding carboxylic acids is 4. The van der Waals surface area contributed by atoms with Gasteiger partial charge < -0.3 is 34.5 Å². The predicted molar refractivity (Wildman–Crippen MR) is 132 cm³/mol. The molecule has 2 aliphatic rings. The topological polar surface area (TPSA) is 161 Å². The summed E-state index contributed by atoms with van der Waals surface area (Å²) >= 11 is 12.0. The fourth-order valence-corrected chi connectivity index (χ4v) is 4.82. The van der Waals surface area contributed by atoms with Crippen molar-refractivity contribution in [3.63, 3.8) is 0 Å². The van der Waals surface area contributed by atoms with Crippen LogP contribution in [0.15, 0.2) is 18.2 Å². The second-order valence-electron chi connectivity index (χ2n) is 9.90. The molecule has 2 fully saturated rings. The Bertz CT molecular complexity index is 1080. The normalized spacial score (nSPS) is 27.6. The molecular formula is C25H31Cl2NO10. The molecule has 0 heterocycles. The molecule has 0 aliphatic heterocycles. The molecule has 1 aromatic rings. The van der Waals surface area contributed by atoms with Crippen LogP contribution < -0.4 is 5.73 Å². The van der Waals surface area contributed by atoms with E-state index in [2.05, 4.69) is 0 Å². The zero-order valence-electron chi connectivity index (χ0n) is 21.3. The minimum absolute atomic E-state index is 0.0904. The Balaban J connectivity index is 1.73. The first-order chi connectivity index (χ1) is 17.8. The second-order valence-corrected chi connectivity index (χ2v) is 10.7. The third-order valence-electron chi connectivity index (χ3n) is 6.58. The highest BCUT2D eigenvalue weighted by molar-refractivity contribution is 6.42. The maximum atomic E-state index is 13.2. The van der Waals surface area contributed by atoms with Crippen LogP contribution in [0.3, 0.4) is 0 Å². The Morgan fingerprint density at radius 3 is 2.08 bits per heavy atom. The molecule has 0 unspecified atom stereocenters. The van der Waals surface area contributed by atoms with Crippen molar-refractivity contribution >= 4 is 47.1 Å². The predicted octanol–water partition coefficient (Wildman–Crippen LogP) is 2.21. The van der Waals surface area contributed by atoms with Crippen LogP contribution in [-0.2, 0) is 49.5 Å². The number of ether oxygens (including phenoxy) is 5. The molecule has 0 amide bonds. The highest BCUT2D eigenvalue weighted by Crippen LogP contribution is 2.63. The number of carbonyl (C=O) groups is 4. The van der Waals surface area contributed by atoms with Gasteiger partial charge in [0.1, 0.15) is 11.6 Å². The van der Waals surface area contributed by atoms with E-state index in [0.717, 1.165) is 0 Å². The van der Waals surface area contributed by atoms with Gasteiger partial charge in [-0.3, -0.25) is 14.4 Å². The third-order valence-corrected chi connectivity index (χ3v) is 7.32. The van der Waals surface area contributed by atoms with Crippen molar-refractivity contribution < 1.29 is 48.0 Å². The van der Waals surface area contributed by atoms with E-state index in [1.165, 1.54) is 0 Å². The van der Waals surface area contributed by atoms with Crippen LogP contribution in [0.5, 0.6) is 0 Å². The van der Waals surface area contributed by atoms with Crippen molar-refractivity contribution in [3.05, 3.63) is 33.8 Å². The van der Waals surface area contributed by atoms with Crippen molar-refractivity contribution in [1.82, 2.24) is 0 Å². The number of aliphatic hydroxyl groups excluding tert-OH is 1. The fraction of sp³-hybridized carbons (Fsp3) is 0.600. The summed E-state index contributed by atoms with van der Waals surface area (Å²) in [5.74, 6) is -6.50. The molecule has 210 valence electrons. The number of fused-ring (bicyclic) bond motifs is 1. The van der Waals surface area contributed by atoms with Gasteiger partial charge in [-0.05, 0) is 17.7 Å². The number of benzene rings is 1. The van der Waals surface area contributed by atoms with Gasteiger partial charge in [-0.2, -0.15) is 0 Å². The molecule has 6 atom stereocenters. The van der Waals surface area contributed by atoms with Crippen molar-refractivity contribution in [1.29, 1.82) is 0 Å². The summed E-state index contributed by atoms with van der Waals surface area (Å²) < 4.78 is 25.8. The van der Waals surface area contributed by atoms with Crippen LogP contribution in [-0.4, -0.2) is 60.3 Å². The van der Waals surface area contributed by atoms with Crippen molar-refractivity contribution in [3.8, 4) is 0 Å². The summed E-state index contributed by atoms with van der Waals surface area (Å²) in [6, 6.07) is 4.78. The number of aliphatic hydroxyl groups is 1. The number of hydrogen-bond acceptors (Lipinski definition) is 11. The van der Waals surface area contributed by atoms with Gasteiger partial charge in [0, 0.05) is 11.8 Å². The first-order valence-corrected chi connectivity index (χ1v) is 12.8. The standard InChI is InChI=1S/C25H31Cl2NO10/c1-11(2)21(30)35-9-37-23(32)17-16-18(17)25(28,24(33)38-10-36-22(31)12(3)4)20(19(16)29)34-8-13-5-6-14(26)15(27)7-13/h5-7,11-12,16-20,29H,8-10,28H2,1-4H3/t16-,17-,18-,19-,20+,25+/m0/s1. The highest BCUT2D eigenvalue weighted by atomic mass is 35.5. The lowest BCUT2D eigenvalue weighted by Gasteiger charge is -2.34. The number of esters is 4. The molecule has 2 aliphatic carbocycles. The molecule has 3 N–H and O–H groups in total. The van der Waals surface area contributed by atoms with E-state index < -0.39 is 84.8 Å². The summed E-state index contributed by atoms with van der Waals surface area (Å²) in [4.78, 5) is 49.2. The second kappa shape index (κ2) is 12.2. The molecule has 13 heteroatoms. The van der Waals surface area contributed by atoms with Crippen molar-refractivity contribution in [2.75, 3.05) is 13.6 Å². The zero-order chi connectivity index (χ0) is 28.4. The summed E-state index contributed by atoms with van der Waals surface area (Å²) in [5.41, 5.74) is 5.13. The third kappa shape index (κ3) is 6.23. The monoisotopic (exact) mass is 575 g/mol. The SMILES string of the molecule is CC(C)C(=O)OCOC(=O)[C@H]1[C@@H]2[C@H](O)[C@@H](OCc3ccc(Cl)c(Cl)c3)[C@@](N)(C(=O)OCOC(=O)C(C)C)[C@H]12. The van der Waals surface area contributed by atoms with E-state index in [1.807, 2.05) is 0 Å². The van der Waals surface area contributed by atoms with Crippen LogP contribution in [0.2, 0.25) is 10.0 Å². The van der Waals surface area contributed by atoms with E-state index >= 15 is 0 Å². The Kier molecular flexibility index (Phi) is 9.64. The lowest BCUT2D eigenvalue weighted by molar-refractivity contribution is -0.181. The molecule has 0 radical (unpaired) electrons. The van der Waals surface area contributed by atoms with E-state index in [4.69, 9.17) is 52.6 Å². The molecule has 0 saturated heterocycles. The lowest BCUT2D eigenvalue weighted by atomic mass is 9.87. The van der Waals surface area contributed by atoms with E-state index in [9.17, 15) is 24.3 Å². The van der Waals surface area contributed by atoms with E-state index in [-0.39, 0.29) is 11.6 Å². The summed E-state index contributed by atoms with van der Waals surface area (Å²) in [5, 5.41) is 11.6. The van der Waals surface area contributed by atoms with Crippen LogP contribution in [0.25, 0.3) is 0 Å². The van der Waals surface area contributed by atoms with Crippen molar-refractivity contribution in [2.45, 2.75) is 52.0 Å². The van der Waals surface area contributed by atoms with Crippen LogP contribution in [0, 0.1) is 29.6 Å². The summed E-state index contributed by atoms with van der Waals surface area (Å²) in [6.07, 6.45) is -2.61. The average Bonchev–Trinajstić information content (AvgIpc) is 3.57. The Morgan fingerprint density at radius 1 is 0.947 bits per heavy atom. The van der Waals surface area contributed by atoms with Gasteiger partial charge in [-0.1, -0.05) is 57.0 Å². The molecule has 38 heavy (non-hydrogen) atoms. The smallest absolute Gasteiger partial charge is 0.332 e. The van der Waals surface area contributed by atoms with Gasteiger partial charge in [0.05, 0.1) is 40.5 Å². The number of hydrogen-bond donors (Lipinski definition) is 2. The number of rotatable bonds is 11. The van der Waals surface area contributed by atoms with Gasteiger partial charge in [0.15, 0.2) is 0 Å². The molecule has 0 bridgehead atoms. The minimum atomic E-state index is -1.98. The maximum absolute atomic E-state index is 13.2. The van der Waals surface area contributed by atoms with Gasteiger partial charge in [-0.25, -0.2) is 4.79 Å². The van der Waals surface area contributed by atoms with Crippen LogP contribution in [0.4, 0.5) is 0 Å². The highest BCUT2D eigenvalue weighted by Gasteiger charge is 2.79. The average molecular weight is 576 g/mol. The summed E-state index contributed by atoms with van der Waals surface area (Å²) in [6.45, 7) is 5.05. The number of halogens is 2. The Labute approximate surface area is 229 Å². The lowest BCUT2D eigenvalue weighted by Crippen LogP contribution is -2.62. The summed E-state index contributed by atoms with van der Waals surface area (Å²) in [7, 11) is 0. The molecule has 1 aromatic carbocycles. The van der Waals surface area contributed by atoms with E-state index in [1.54, 1.807) is 45.9 Å². The van der Waals surface area contributed by atoms with Gasteiger partial charge in [0.2, 0.25) is 13.6 Å². The molecular weight excluding hydrogens is 545 g/mol. The van der Waals surface area contributed by atoms with Crippen LogP contribution in [0.1, 0.15) is 33.3 Å². The molecule has 0 aromatic heterocycles. The first kappa shape index (κ1) is 30.1. The van der Waals surface area contributed by atoms with Gasteiger partial charge in [0.25, 0.3) is 0 Å². The van der Waals surface area contributed by atoms with Crippen LogP contribution >= 0.6 is 23.2 Å². The largest absolute Gasteiger partial charge is 0.428 e. The molecule has 2 saturated carbocycles. The Morgan fingerprint density at radius 2 is 1.53 bits per heavy atom.